The molecule has 1 aliphatic carbocycles. The van der Waals surface area contributed by atoms with Crippen LogP contribution < -0.4 is 14.2 Å². The van der Waals surface area contributed by atoms with Crippen molar-refractivity contribution in [3.05, 3.63) is 53.6 Å². The van der Waals surface area contributed by atoms with Gasteiger partial charge in [-0.1, -0.05) is 36.8 Å². The van der Waals surface area contributed by atoms with Crippen molar-refractivity contribution in [2.75, 3.05) is 21.3 Å². The molecule has 1 saturated carbocycles. The number of rotatable bonds is 6. The van der Waals surface area contributed by atoms with E-state index in [-0.39, 0.29) is 11.7 Å². The van der Waals surface area contributed by atoms with Gasteiger partial charge in [-0.15, -0.1) is 0 Å². The van der Waals surface area contributed by atoms with E-state index in [0.717, 1.165) is 25.7 Å². The summed E-state index contributed by atoms with van der Waals surface area (Å²) < 4.78 is 16.1. The summed E-state index contributed by atoms with van der Waals surface area (Å²) in [6, 6.07) is 14.0. The Morgan fingerprint density at radius 2 is 1.58 bits per heavy atom. The molecule has 4 heteroatoms. The third-order valence-corrected chi connectivity index (χ3v) is 5.27. The Bertz CT molecular complexity index is 729. The molecule has 0 bridgehead atoms. The largest absolute Gasteiger partial charge is 0.493 e. The highest BCUT2D eigenvalue weighted by molar-refractivity contribution is 5.99. The first kappa shape index (κ1) is 18.3. The highest BCUT2D eigenvalue weighted by Gasteiger charge is 2.30. The summed E-state index contributed by atoms with van der Waals surface area (Å²) in [6.07, 6.45) is 4.03. The van der Waals surface area contributed by atoms with Gasteiger partial charge in [-0.2, -0.15) is 0 Å². The molecule has 2 aromatic carbocycles. The quantitative estimate of drug-likeness (QED) is 0.694. The van der Waals surface area contributed by atoms with E-state index in [0.29, 0.717) is 28.7 Å². The van der Waals surface area contributed by atoms with Crippen LogP contribution in [0.15, 0.2) is 42.5 Å². The fraction of sp³-hybridized carbons (Fsp3) is 0.409. The summed E-state index contributed by atoms with van der Waals surface area (Å²) in [6.45, 7) is 0. The van der Waals surface area contributed by atoms with E-state index in [9.17, 15) is 4.79 Å². The number of hydrogen-bond acceptors (Lipinski definition) is 4. The van der Waals surface area contributed by atoms with Crippen LogP contribution in [0, 0.1) is 5.92 Å². The molecule has 3 rings (SSSR count). The second-order valence-electron chi connectivity index (χ2n) is 6.75. The summed E-state index contributed by atoms with van der Waals surface area (Å²) >= 11 is 0. The van der Waals surface area contributed by atoms with Gasteiger partial charge in [0.1, 0.15) is 0 Å². The molecule has 2 unspecified atom stereocenters. The molecule has 26 heavy (non-hydrogen) atoms. The highest BCUT2D eigenvalue weighted by atomic mass is 16.5. The predicted octanol–water partition coefficient (Wildman–Crippen LogP) is 4.87. The summed E-state index contributed by atoms with van der Waals surface area (Å²) in [4.78, 5) is 13.2. The first-order valence-electron chi connectivity index (χ1n) is 9.07. The Morgan fingerprint density at radius 1 is 0.923 bits per heavy atom. The lowest BCUT2D eigenvalue weighted by Gasteiger charge is -2.29. The monoisotopic (exact) mass is 354 g/mol. The van der Waals surface area contributed by atoms with Crippen LogP contribution >= 0.6 is 0 Å². The molecule has 1 aliphatic rings. The van der Waals surface area contributed by atoms with Crippen molar-refractivity contribution in [2.24, 2.45) is 5.92 Å². The zero-order valence-corrected chi connectivity index (χ0v) is 15.7. The molecule has 4 nitrogen and oxygen atoms in total. The molecule has 0 N–H and O–H groups in total. The van der Waals surface area contributed by atoms with Crippen LogP contribution in [0.25, 0.3) is 0 Å². The second kappa shape index (κ2) is 8.26. The van der Waals surface area contributed by atoms with Crippen molar-refractivity contribution >= 4 is 5.78 Å². The van der Waals surface area contributed by atoms with Gasteiger partial charge in [-0.3, -0.25) is 4.79 Å². The van der Waals surface area contributed by atoms with Crippen LogP contribution in [-0.4, -0.2) is 27.1 Å². The third kappa shape index (κ3) is 3.69. The number of benzene rings is 2. The van der Waals surface area contributed by atoms with Crippen LogP contribution in [0.1, 0.15) is 47.5 Å². The molecule has 2 aromatic rings. The number of Topliss-reactive ketones (excluding diaryl/α,β-unsaturated/α-hetero) is 1. The average molecular weight is 354 g/mol. The molecule has 0 radical (unpaired) electrons. The van der Waals surface area contributed by atoms with Crippen molar-refractivity contribution in [3.63, 3.8) is 0 Å². The molecule has 0 aromatic heterocycles. The Morgan fingerprint density at radius 3 is 2.15 bits per heavy atom. The molecular weight excluding hydrogens is 328 g/mol. The van der Waals surface area contributed by atoms with Gasteiger partial charge < -0.3 is 14.2 Å². The first-order chi connectivity index (χ1) is 12.7. The Kier molecular flexibility index (Phi) is 5.82. The minimum absolute atomic E-state index is 0.0248. The number of carbonyl (C=O) groups excluding carboxylic acids is 1. The molecule has 2 atom stereocenters. The van der Waals surface area contributed by atoms with Gasteiger partial charge in [-0.25, -0.2) is 0 Å². The lowest BCUT2D eigenvalue weighted by Crippen LogP contribution is -2.22. The number of carbonyl (C=O) groups is 1. The summed E-state index contributed by atoms with van der Waals surface area (Å²) in [7, 11) is 4.70. The number of methoxy groups -OCH3 is 3. The van der Waals surface area contributed by atoms with Gasteiger partial charge in [0, 0.05) is 11.5 Å². The van der Waals surface area contributed by atoms with E-state index in [4.69, 9.17) is 14.2 Å². The zero-order valence-electron chi connectivity index (χ0n) is 15.7. The highest BCUT2D eigenvalue weighted by Crippen LogP contribution is 2.41. The molecule has 1 fully saturated rings. The molecular formula is C22H26O4. The van der Waals surface area contributed by atoms with E-state index in [2.05, 4.69) is 24.3 Å². The first-order valence-corrected chi connectivity index (χ1v) is 9.07. The van der Waals surface area contributed by atoms with E-state index < -0.39 is 0 Å². The van der Waals surface area contributed by atoms with Crippen molar-refractivity contribution < 1.29 is 19.0 Å². The van der Waals surface area contributed by atoms with Gasteiger partial charge in [0.05, 0.1) is 21.3 Å². The lowest BCUT2D eigenvalue weighted by molar-refractivity contribution is 0.0880. The van der Waals surface area contributed by atoms with Gasteiger partial charge >= 0.3 is 0 Å². The number of ether oxygens (including phenoxy) is 3. The zero-order chi connectivity index (χ0) is 18.5. The van der Waals surface area contributed by atoms with E-state index >= 15 is 0 Å². The van der Waals surface area contributed by atoms with Gasteiger partial charge in [-0.05, 0) is 42.9 Å². The smallest absolute Gasteiger partial charge is 0.203 e. The molecule has 0 aliphatic heterocycles. The third-order valence-electron chi connectivity index (χ3n) is 5.27. The molecule has 0 spiro atoms. The standard InChI is InChI=1S/C22H26O4/c1-24-19-13-18(14-20(25-2)22(19)26-3)21(23)17-11-7-10-16(12-17)15-8-5-4-6-9-15/h4-6,8-9,13-14,16-17H,7,10-12H2,1-3H3. The van der Waals surface area contributed by atoms with E-state index in [1.54, 1.807) is 33.5 Å². The van der Waals surface area contributed by atoms with Gasteiger partial charge in [0.25, 0.3) is 0 Å². The maximum absolute atomic E-state index is 13.2. The maximum atomic E-state index is 13.2. The van der Waals surface area contributed by atoms with Crippen LogP contribution in [0.4, 0.5) is 0 Å². The lowest BCUT2D eigenvalue weighted by atomic mass is 9.75. The minimum atomic E-state index is 0.0248. The normalized spacial score (nSPS) is 19.7. The van der Waals surface area contributed by atoms with Crippen LogP contribution in [0.3, 0.4) is 0 Å². The van der Waals surface area contributed by atoms with E-state index in [1.807, 2.05) is 6.07 Å². The minimum Gasteiger partial charge on any atom is -0.493 e. The van der Waals surface area contributed by atoms with Crippen molar-refractivity contribution in [1.82, 2.24) is 0 Å². The number of hydrogen-bond donors (Lipinski definition) is 0. The summed E-state index contributed by atoms with van der Waals surface area (Å²) in [5.74, 6) is 2.18. The predicted molar refractivity (Wildman–Crippen MR) is 102 cm³/mol. The molecule has 0 amide bonds. The Balaban J connectivity index is 1.84. The maximum Gasteiger partial charge on any atom is 0.203 e. The van der Waals surface area contributed by atoms with Gasteiger partial charge in [0.15, 0.2) is 17.3 Å². The molecule has 0 heterocycles. The molecule has 0 saturated heterocycles. The molecule has 138 valence electrons. The summed E-state index contributed by atoms with van der Waals surface area (Å²) in [5.41, 5.74) is 1.95. The second-order valence-corrected chi connectivity index (χ2v) is 6.75. The summed E-state index contributed by atoms with van der Waals surface area (Å²) in [5, 5.41) is 0. The van der Waals surface area contributed by atoms with Crippen LogP contribution in [-0.2, 0) is 0 Å². The van der Waals surface area contributed by atoms with Crippen molar-refractivity contribution in [3.8, 4) is 17.2 Å². The van der Waals surface area contributed by atoms with Gasteiger partial charge in [0.2, 0.25) is 5.75 Å². The SMILES string of the molecule is COc1cc(C(=O)C2CCCC(c3ccccc3)C2)cc(OC)c1OC. The van der Waals surface area contributed by atoms with E-state index in [1.165, 1.54) is 5.56 Å². The Hall–Kier alpha value is -2.49. The fourth-order valence-corrected chi connectivity index (χ4v) is 3.91. The van der Waals surface area contributed by atoms with Crippen LogP contribution in [0.5, 0.6) is 17.2 Å². The average Bonchev–Trinajstić information content (AvgIpc) is 2.72. The van der Waals surface area contributed by atoms with Crippen molar-refractivity contribution in [2.45, 2.75) is 31.6 Å². The number of ketones is 1. The topological polar surface area (TPSA) is 44.8 Å². The van der Waals surface area contributed by atoms with Crippen molar-refractivity contribution in [1.29, 1.82) is 0 Å². The van der Waals surface area contributed by atoms with Crippen LogP contribution in [0.2, 0.25) is 0 Å². The fourth-order valence-electron chi connectivity index (χ4n) is 3.91. The Labute approximate surface area is 155 Å².